The molecule has 0 heterocycles. The van der Waals surface area contributed by atoms with Crippen molar-refractivity contribution >= 4 is 33.2 Å². The van der Waals surface area contributed by atoms with Gasteiger partial charge in [0.2, 0.25) is 0 Å². The number of nitrogens with zero attached hydrogens (tertiary/aromatic N) is 1. The van der Waals surface area contributed by atoms with E-state index in [1.807, 2.05) is 0 Å². The molecule has 9 heteroatoms. The van der Waals surface area contributed by atoms with Gasteiger partial charge in [-0.05, 0) is 30.3 Å². The van der Waals surface area contributed by atoms with Gasteiger partial charge in [0.25, 0.3) is 15.9 Å². The molecular weight excluding hydrogens is 380 g/mol. The number of ether oxygens (including phenoxy) is 2. The number of amides is 1. The molecule has 0 aliphatic heterocycles. The van der Waals surface area contributed by atoms with Crippen LogP contribution in [0.15, 0.2) is 41.3 Å². The van der Waals surface area contributed by atoms with Gasteiger partial charge in [0, 0.05) is 20.2 Å². The fourth-order valence-corrected chi connectivity index (χ4v) is 3.52. The highest BCUT2D eigenvalue weighted by Gasteiger charge is 2.19. The maximum absolute atomic E-state index is 12.6. The monoisotopic (exact) mass is 398 g/mol. The second-order valence-electron chi connectivity index (χ2n) is 5.52. The van der Waals surface area contributed by atoms with Crippen molar-refractivity contribution < 1.29 is 22.7 Å². The van der Waals surface area contributed by atoms with Crippen molar-refractivity contribution in [3.05, 3.63) is 47.0 Å². The maximum atomic E-state index is 12.6. The minimum absolute atomic E-state index is 0.000262. The van der Waals surface area contributed by atoms with Gasteiger partial charge < -0.3 is 14.4 Å². The molecule has 0 aliphatic carbocycles. The largest absolute Gasteiger partial charge is 0.493 e. The van der Waals surface area contributed by atoms with E-state index in [-0.39, 0.29) is 27.1 Å². The average Bonchev–Trinajstić information content (AvgIpc) is 2.60. The third kappa shape index (κ3) is 4.20. The molecule has 7 nitrogen and oxygen atoms in total. The summed E-state index contributed by atoms with van der Waals surface area (Å²) in [6, 6.07) is 8.58. The van der Waals surface area contributed by atoms with Crippen molar-refractivity contribution in [3.8, 4) is 11.5 Å². The summed E-state index contributed by atoms with van der Waals surface area (Å²) in [6.45, 7) is 0. The Balaban J connectivity index is 2.32. The van der Waals surface area contributed by atoms with Gasteiger partial charge in [0.1, 0.15) is 0 Å². The molecule has 1 N–H and O–H groups in total. The SMILES string of the molecule is COc1ccc(S(=O)(=O)Nc2ccc(C(=O)N(C)C)c(Cl)c2)cc1OC. The minimum atomic E-state index is -3.88. The zero-order valence-corrected chi connectivity index (χ0v) is 16.3. The lowest BCUT2D eigenvalue weighted by molar-refractivity contribution is 0.0828. The molecule has 0 saturated heterocycles. The summed E-state index contributed by atoms with van der Waals surface area (Å²) in [5, 5.41) is 0.149. The molecule has 26 heavy (non-hydrogen) atoms. The fourth-order valence-electron chi connectivity index (χ4n) is 2.19. The Hall–Kier alpha value is -2.45. The topological polar surface area (TPSA) is 84.9 Å². The van der Waals surface area contributed by atoms with E-state index in [1.54, 1.807) is 14.1 Å². The van der Waals surface area contributed by atoms with Crippen LogP contribution in [0.2, 0.25) is 5.02 Å². The molecule has 0 spiro atoms. The summed E-state index contributed by atoms with van der Waals surface area (Å²) in [5.74, 6) is 0.436. The Morgan fingerprint density at radius 2 is 1.69 bits per heavy atom. The van der Waals surface area contributed by atoms with Crippen LogP contribution in [-0.4, -0.2) is 47.5 Å². The van der Waals surface area contributed by atoms with Crippen LogP contribution in [0.25, 0.3) is 0 Å². The lowest BCUT2D eigenvalue weighted by atomic mass is 10.2. The molecule has 1 amide bonds. The third-order valence-electron chi connectivity index (χ3n) is 3.52. The second kappa shape index (κ2) is 7.84. The van der Waals surface area contributed by atoms with Gasteiger partial charge in [0.05, 0.1) is 35.4 Å². The van der Waals surface area contributed by atoms with Gasteiger partial charge in [0.15, 0.2) is 11.5 Å². The van der Waals surface area contributed by atoms with E-state index in [0.717, 1.165) is 0 Å². The Bertz CT molecular complexity index is 929. The summed E-state index contributed by atoms with van der Waals surface area (Å²) in [7, 11) is 2.21. The summed E-state index contributed by atoms with van der Waals surface area (Å²) < 4.78 is 37.8. The number of rotatable bonds is 6. The summed E-state index contributed by atoms with van der Waals surface area (Å²) in [5.41, 5.74) is 0.519. The van der Waals surface area contributed by atoms with E-state index in [1.165, 1.54) is 55.5 Å². The first-order chi connectivity index (χ1) is 12.2. The van der Waals surface area contributed by atoms with Crippen LogP contribution in [-0.2, 0) is 10.0 Å². The Morgan fingerprint density at radius 1 is 1.04 bits per heavy atom. The van der Waals surface area contributed by atoms with Crippen LogP contribution in [0.1, 0.15) is 10.4 Å². The molecule has 0 saturated carbocycles. The zero-order valence-electron chi connectivity index (χ0n) is 14.7. The molecule has 2 aromatic carbocycles. The predicted octanol–water partition coefficient (Wildman–Crippen LogP) is 2.86. The minimum Gasteiger partial charge on any atom is -0.493 e. The number of hydrogen-bond acceptors (Lipinski definition) is 5. The zero-order chi connectivity index (χ0) is 19.5. The number of benzene rings is 2. The molecule has 0 radical (unpaired) electrons. The van der Waals surface area contributed by atoms with Gasteiger partial charge in [-0.1, -0.05) is 11.6 Å². The van der Waals surface area contributed by atoms with E-state index in [2.05, 4.69) is 4.72 Å². The third-order valence-corrected chi connectivity index (χ3v) is 5.21. The smallest absolute Gasteiger partial charge is 0.262 e. The molecule has 140 valence electrons. The molecule has 2 rings (SSSR count). The van der Waals surface area contributed by atoms with Crippen LogP contribution >= 0.6 is 11.6 Å². The van der Waals surface area contributed by atoms with E-state index in [9.17, 15) is 13.2 Å². The highest BCUT2D eigenvalue weighted by molar-refractivity contribution is 7.92. The lowest BCUT2D eigenvalue weighted by Crippen LogP contribution is -2.22. The molecule has 0 fully saturated rings. The Labute approximate surface area is 157 Å². The molecule has 0 bridgehead atoms. The highest BCUT2D eigenvalue weighted by atomic mass is 35.5. The molecular formula is C17H19ClN2O5S. The first-order valence-corrected chi connectivity index (χ1v) is 9.31. The van der Waals surface area contributed by atoms with Crippen LogP contribution in [0.5, 0.6) is 11.5 Å². The fraction of sp³-hybridized carbons (Fsp3) is 0.235. The number of anilines is 1. The van der Waals surface area contributed by atoms with Gasteiger partial charge in [-0.3, -0.25) is 9.52 Å². The van der Waals surface area contributed by atoms with Crippen molar-refractivity contribution in [1.82, 2.24) is 4.90 Å². The first-order valence-electron chi connectivity index (χ1n) is 7.45. The van der Waals surface area contributed by atoms with Crippen molar-refractivity contribution in [2.45, 2.75) is 4.90 Å². The van der Waals surface area contributed by atoms with Crippen LogP contribution in [0.3, 0.4) is 0 Å². The highest BCUT2D eigenvalue weighted by Crippen LogP contribution is 2.30. The van der Waals surface area contributed by atoms with E-state index in [0.29, 0.717) is 11.5 Å². The van der Waals surface area contributed by atoms with Crippen molar-refractivity contribution in [2.24, 2.45) is 0 Å². The number of sulfonamides is 1. The van der Waals surface area contributed by atoms with Crippen LogP contribution < -0.4 is 14.2 Å². The normalized spacial score (nSPS) is 11.0. The molecule has 2 aromatic rings. The van der Waals surface area contributed by atoms with Gasteiger partial charge in [-0.25, -0.2) is 8.42 Å². The number of hydrogen-bond donors (Lipinski definition) is 1. The standard InChI is InChI=1S/C17H19ClN2O5S/c1-20(2)17(21)13-7-5-11(9-14(13)18)19-26(22,23)12-6-8-15(24-3)16(10-12)25-4/h5-10,19H,1-4H3. The van der Waals surface area contributed by atoms with E-state index >= 15 is 0 Å². The number of carbonyl (C=O) groups excluding carboxylic acids is 1. The summed E-state index contributed by atoms with van der Waals surface area (Å²) in [4.78, 5) is 13.4. The molecule has 0 atom stereocenters. The second-order valence-corrected chi connectivity index (χ2v) is 7.61. The van der Waals surface area contributed by atoms with E-state index < -0.39 is 10.0 Å². The summed E-state index contributed by atoms with van der Waals surface area (Å²) >= 11 is 6.11. The number of nitrogens with one attached hydrogen (secondary N) is 1. The van der Waals surface area contributed by atoms with Crippen LogP contribution in [0, 0.1) is 0 Å². The van der Waals surface area contributed by atoms with E-state index in [4.69, 9.17) is 21.1 Å². The number of methoxy groups -OCH3 is 2. The van der Waals surface area contributed by atoms with Gasteiger partial charge in [-0.2, -0.15) is 0 Å². The predicted molar refractivity (Wildman–Crippen MR) is 99.8 cm³/mol. The maximum Gasteiger partial charge on any atom is 0.262 e. The summed E-state index contributed by atoms with van der Waals surface area (Å²) in [6.07, 6.45) is 0. The number of halogens is 1. The average molecular weight is 399 g/mol. The van der Waals surface area contributed by atoms with Gasteiger partial charge in [-0.15, -0.1) is 0 Å². The van der Waals surface area contributed by atoms with Gasteiger partial charge >= 0.3 is 0 Å². The number of carbonyl (C=O) groups is 1. The molecule has 0 aromatic heterocycles. The Morgan fingerprint density at radius 3 is 2.23 bits per heavy atom. The quantitative estimate of drug-likeness (QED) is 0.808. The van der Waals surface area contributed by atoms with Crippen molar-refractivity contribution in [1.29, 1.82) is 0 Å². The first kappa shape index (κ1) is 19.9. The molecule has 0 unspecified atom stereocenters. The van der Waals surface area contributed by atoms with Crippen LogP contribution in [0.4, 0.5) is 5.69 Å². The Kier molecular flexibility index (Phi) is 5.99. The molecule has 0 aliphatic rings. The van der Waals surface area contributed by atoms with Crippen molar-refractivity contribution in [2.75, 3.05) is 33.0 Å². The van der Waals surface area contributed by atoms with Crippen molar-refractivity contribution in [3.63, 3.8) is 0 Å². The lowest BCUT2D eigenvalue weighted by Gasteiger charge is -2.14.